The predicted molar refractivity (Wildman–Crippen MR) is 66.8 cm³/mol. The van der Waals surface area contributed by atoms with E-state index in [0.717, 1.165) is 11.1 Å². The maximum atomic E-state index is 8.74. The second kappa shape index (κ2) is 5.13. The molecule has 0 aliphatic heterocycles. The fourth-order valence-electron chi connectivity index (χ4n) is 1.50. The summed E-state index contributed by atoms with van der Waals surface area (Å²) in [6.07, 6.45) is 3.46. The molecule has 2 aromatic heterocycles. The van der Waals surface area contributed by atoms with E-state index in [1.54, 1.807) is 24.5 Å². The first-order valence-electron chi connectivity index (χ1n) is 4.84. The molecule has 0 aliphatic rings. The molecule has 0 N–H and O–H groups in total. The summed E-state index contributed by atoms with van der Waals surface area (Å²) in [6.45, 7) is 0. The van der Waals surface area contributed by atoms with Crippen LogP contribution in [0.25, 0.3) is 11.1 Å². The van der Waals surface area contributed by atoms with Gasteiger partial charge in [-0.25, -0.2) is 4.98 Å². The van der Waals surface area contributed by atoms with Gasteiger partial charge in [0.2, 0.25) is 0 Å². The average molecular weight is 264 g/mol. The monoisotopic (exact) mass is 263 g/mol. The van der Waals surface area contributed by atoms with E-state index in [0.29, 0.717) is 15.9 Å². The van der Waals surface area contributed by atoms with Gasteiger partial charge in [-0.1, -0.05) is 29.3 Å². The first kappa shape index (κ1) is 11.8. The van der Waals surface area contributed by atoms with Gasteiger partial charge in [-0.15, -0.1) is 0 Å². The van der Waals surface area contributed by atoms with Crippen molar-refractivity contribution in [2.45, 2.75) is 6.42 Å². The van der Waals surface area contributed by atoms with Crippen molar-refractivity contribution in [3.63, 3.8) is 0 Å². The molecule has 0 saturated carbocycles. The van der Waals surface area contributed by atoms with E-state index in [1.165, 1.54) is 0 Å². The molecule has 2 heterocycles. The maximum absolute atomic E-state index is 8.74. The Bertz CT molecular complexity index is 591. The number of nitriles is 1. The van der Waals surface area contributed by atoms with Crippen molar-refractivity contribution in [2.24, 2.45) is 0 Å². The van der Waals surface area contributed by atoms with Gasteiger partial charge >= 0.3 is 0 Å². The standard InChI is InChI=1S/C12H7Cl2N3/c13-10-6-12(14)17-7-9(10)8-2-1-5-16-11(8)3-4-15/h1-2,5-7H,3H2. The lowest BCUT2D eigenvalue weighted by atomic mass is 10.0. The van der Waals surface area contributed by atoms with Crippen LogP contribution in [0, 0.1) is 11.3 Å². The van der Waals surface area contributed by atoms with E-state index in [9.17, 15) is 0 Å². The van der Waals surface area contributed by atoms with Gasteiger partial charge < -0.3 is 0 Å². The van der Waals surface area contributed by atoms with E-state index in [4.69, 9.17) is 28.5 Å². The van der Waals surface area contributed by atoms with Crippen molar-refractivity contribution in [3.8, 4) is 17.2 Å². The molecule has 17 heavy (non-hydrogen) atoms. The summed E-state index contributed by atoms with van der Waals surface area (Å²) >= 11 is 11.8. The van der Waals surface area contributed by atoms with Crippen LogP contribution < -0.4 is 0 Å². The van der Waals surface area contributed by atoms with Crippen LogP contribution in [0.5, 0.6) is 0 Å². The third kappa shape index (κ3) is 2.55. The van der Waals surface area contributed by atoms with Gasteiger partial charge in [-0.05, 0) is 12.1 Å². The molecule has 3 nitrogen and oxygen atoms in total. The summed E-state index contributed by atoms with van der Waals surface area (Å²) in [7, 11) is 0. The Morgan fingerprint density at radius 2 is 2.06 bits per heavy atom. The molecule has 0 bridgehead atoms. The molecule has 0 fully saturated rings. The smallest absolute Gasteiger partial charge is 0.130 e. The molecule has 2 aromatic rings. The molecule has 2 rings (SSSR count). The van der Waals surface area contributed by atoms with E-state index in [1.807, 2.05) is 6.07 Å². The molecular weight excluding hydrogens is 257 g/mol. The minimum absolute atomic E-state index is 0.231. The van der Waals surface area contributed by atoms with E-state index in [-0.39, 0.29) is 6.42 Å². The third-order valence-corrected chi connectivity index (χ3v) is 2.77. The summed E-state index contributed by atoms with van der Waals surface area (Å²) in [5, 5.41) is 9.58. The highest BCUT2D eigenvalue weighted by molar-refractivity contribution is 6.35. The lowest BCUT2D eigenvalue weighted by Gasteiger charge is -2.07. The molecule has 0 amide bonds. The highest BCUT2D eigenvalue weighted by atomic mass is 35.5. The van der Waals surface area contributed by atoms with Gasteiger partial charge in [0.1, 0.15) is 5.15 Å². The first-order valence-corrected chi connectivity index (χ1v) is 5.60. The zero-order valence-electron chi connectivity index (χ0n) is 8.69. The van der Waals surface area contributed by atoms with Crippen molar-refractivity contribution in [1.82, 2.24) is 9.97 Å². The number of pyridine rings is 2. The first-order chi connectivity index (χ1) is 8.22. The lowest BCUT2D eigenvalue weighted by Crippen LogP contribution is -1.93. The Kier molecular flexibility index (Phi) is 3.58. The lowest BCUT2D eigenvalue weighted by molar-refractivity contribution is 1.12. The molecule has 0 radical (unpaired) electrons. The summed E-state index contributed by atoms with van der Waals surface area (Å²) in [4.78, 5) is 8.15. The Morgan fingerprint density at radius 1 is 1.24 bits per heavy atom. The molecule has 0 saturated heterocycles. The largest absolute Gasteiger partial charge is 0.260 e. The summed E-state index contributed by atoms with van der Waals surface area (Å²) in [5.41, 5.74) is 2.22. The highest BCUT2D eigenvalue weighted by Crippen LogP contribution is 2.30. The Balaban J connectivity index is 2.57. The number of aromatic nitrogens is 2. The second-order valence-electron chi connectivity index (χ2n) is 3.32. The third-order valence-electron chi connectivity index (χ3n) is 2.25. The predicted octanol–water partition coefficient (Wildman–Crippen LogP) is 3.52. The number of halogens is 2. The van der Waals surface area contributed by atoms with Gasteiger partial charge in [0.05, 0.1) is 23.2 Å². The van der Waals surface area contributed by atoms with Gasteiger partial charge in [-0.3, -0.25) is 4.98 Å². The summed E-state index contributed by atoms with van der Waals surface area (Å²) < 4.78 is 0. The van der Waals surface area contributed by atoms with E-state index >= 15 is 0 Å². The van der Waals surface area contributed by atoms with Gasteiger partial charge in [0, 0.05) is 23.5 Å². The van der Waals surface area contributed by atoms with Crippen molar-refractivity contribution < 1.29 is 0 Å². The van der Waals surface area contributed by atoms with Crippen LogP contribution in [0.3, 0.4) is 0 Å². The number of rotatable bonds is 2. The molecule has 0 atom stereocenters. The van der Waals surface area contributed by atoms with Crippen LogP contribution in [0.15, 0.2) is 30.6 Å². The van der Waals surface area contributed by atoms with Gasteiger partial charge in [0.25, 0.3) is 0 Å². The van der Waals surface area contributed by atoms with Gasteiger partial charge in [-0.2, -0.15) is 5.26 Å². The normalized spacial score (nSPS) is 9.94. The molecule has 0 aliphatic carbocycles. The van der Waals surface area contributed by atoms with E-state index < -0.39 is 0 Å². The van der Waals surface area contributed by atoms with Crippen LogP contribution >= 0.6 is 23.2 Å². The molecule has 84 valence electrons. The van der Waals surface area contributed by atoms with Crippen molar-refractivity contribution in [1.29, 1.82) is 5.26 Å². The quantitative estimate of drug-likeness (QED) is 0.780. The minimum atomic E-state index is 0.231. The summed E-state index contributed by atoms with van der Waals surface area (Å²) in [5.74, 6) is 0. The molecule has 0 spiro atoms. The fraction of sp³-hybridized carbons (Fsp3) is 0.0833. The molecule has 5 heteroatoms. The van der Waals surface area contributed by atoms with Gasteiger partial charge in [0.15, 0.2) is 0 Å². The summed E-state index contributed by atoms with van der Waals surface area (Å²) in [6, 6.07) is 7.29. The van der Waals surface area contributed by atoms with Crippen LogP contribution in [-0.2, 0) is 6.42 Å². The molecule has 0 aromatic carbocycles. The Hall–Kier alpha value is -1.63. The fourth-order valence-corrected chi connectivity index (χ4v) is 1.97. The zero-order chi connectivity index (χ0) is 12.3. The van der Waals surface area contributed by atoms with Crippen LogP contribution in [0.1, 0.15) is 5.69 Å². The highest BCUT2D eigenvalue weighted by Gasteiger charge is 2.10. The minimum Gasteiger partial charge on any atom is -0.260 e. The Labute approximate surface area is 109 Å². The molecule has 0 unspecified atom stereocenters. The Morgan fingerprint density at radius 3 is 2.76 bits per heavy atom. The van der Waals surface area contributed by atoms with Crippen LogP contribution in [-0.4, -0.2) is 9.97 Å². The number of nitrogens with zero attached hydrogens (tertiary/aromatic N) is 3. The SMILES string of the molecule is N#CCc1ncccc1-c1cnc(Cl)cc1Cl. The topological polar surface area (TPSA) is 49.6 Å². The number of hydrogen-bond donors (Lipinski definition) is 0. The van der Waals surface area contributed by atoms with Crippen molar-refractivity contribution in [3.05, 3.63) is 46.5 Å². The molecular formula is C12H7Cl2N3. The van der Waals surface area contributed by atoms with Crippen molar-refractivity contribution >= 4 is 23.2 Å². The van der Waals surface area contributed by atoms with Crippen LogP contribution in [0.4, 0.5) is 0 Å². The maximum Gasteiger partial charge on any atom is 0.130 e. The average Bonchev–Trinajstić information content (AvgIpc) is 2.31. The number of hydrogen-bond acceptors (Lipinski definition) is 3. The van der Waals surface area contributed by atoms with E-state index in [2.05, 4.69) is 16.0 Å². The second-order valence-corrected chi connectivity index (χ2v) is 4.11. The zero-order valence-corrected chi connectivity index (χ0v) is 10.2. The van der Waals surface area contributed by atoms with Crippen LogP contribution in [0.2, 0.25) is 10.2 Å². The van der Waals surface area contributed by atoms with Crippen molar-refractivity contribution in [2.75, 3.05) is 0 Å².